The molecule has 0 saturated carbocycles. The van der Waals surface area contributed by atoms with Gasteiger partial charge in [0.05, 0.1) is 11.4 Å². The van der Waals surface area contributed by atoms with E-state index >= 15 is 0 Å². The Morgan fingerprint density at radius 3 is 2.43 bits per heavy atom. The van der Waals surface area contributed by atoms with Gasteiger partial charge < -0.3 is 5.32 Å². The van der Waals surface area contributed by atoms with Gasteiger partial charge in [0.1, 0.15) is 5.15 Å². The Kier molecular flexibility index (Phi) is 5.06. The molecule has 1 N–H and O–H groups in total. The molecular formula is C15H24ClN5. The molecule has 0 aliphatic rings. The van der Waals surface area contributed by atoms with Gasteiger partial charge in [-0.1, -0.05) is 18.5 Å². The van der Waals surface area contributed by atoms with Crippen LogP contribution in [0.5, 0.6) is 0 Å². The summed E-state index contributed by atoms with van der Waals surface area (Å²) in [6.07, 6.45) is 4.00. The minimum absolute atomic E-state index is 0.207. The van der Waals surface area contributed by atoms with Crippen LogP contribution in [-0.2, 0) is 20.5 Å². The molecule has 1 unspecified atom stereocenters. The highest BCUT2D eigenvalue weighted by Crippen LogP contribution is 2.27. The molecular weight excluding hydrogens is 286 g/mol. The van der Waals surface area contributed by atoms with Crippen molar-refractivity contribution in [2.45, 2.75) is 39.7 Å². The van der Waals surface area contributed by atoms with E-state index in [0.717, 1.165) is 41.5 Å². The summed E-state index contributed by atoms with van der Waals surface area (Å²) < 4.78 is 3.60. The van der Waals surface area contributed by atoms with Crippen LogP contribution in [0.1, 0.15) is 41.9 Å². The average Bonchev–Trinajstić information content (AvgIpc) is 2.87. The third-order valence-electron chi connectivity index (χ3n) is 3.75. The van der Waals surface area contributed by atoms with Crippen molar-refractivity contribution in [1.82, 2.24) is 24.9 Å². The number of hydrogen-bond acceptors (Lipinski definition) is 3. The first-order chi connectivity index (χ1) is 9.93. The van der Waals surface area contributed by atoms with E-state index in [4.69, 9.17) is 11.6 Å². The van der Waals surface area contributed by atoms with E-state index in [-0.39, 0.29) is 6.04 Å². The molecule has 5 nitrogen and oxygen atoms in total. The molecule has 2 aromatic heterocycles. The summed E-state index contributed by atoms with van der Waals surface area (Å²) in [5.74, 6) is 0. The molecule has 0 radical (unpaired) electrons. The smallest absolute Gasteiger partial charge is 0.130 e. The summed E-state index contributed by atoms with van der Waals surface area (Å²) in [4.78, 5) is 0. The number of nitrogens with zero attached hydrogens (tertiary/aromatic N) is 4. The molecule has 6 heteroatoms. The third kappa shape index (κ3) is 3.47. The second kappa shape index (κ2) is 6.62. The van der Waals surface area contributed by atoms with Gasteiger partial charge in [0.25, 0.3) is 0 Å². The lowest BCUT2D eigenvalue weighted by Gasteiger charge is -2.18. The van der Waals surface area contributed by atoms with Crippen LogP contribution in [-0.4, -0.2) is 26.1 Å². The van der Waals surface area contributed by atoms with Crippen molar-refractivity contribution >= 4 is 11.6 Å². The van der Waals surface area contributed by atoms with Crippen LogP contribution in [0.15, 0.2) is 6.20 Å². The third-order valence-corrected chi connectivity index (χ3v) is 4.22. The molecule has 0 aliphatic heterocycles. The highest BCUT2D eigenvalue weighted by atomic mass is 35.5. The summed E-state index contributed by atoms with van der Waals surface area (Å²) in [7, 11) is 3.83. The lowest BCUT2D eigenvalue weighted by molar-refractivity contribution is 0.526. The van der Waals surface area contributed by atoms with Crippen LogP contribution in [0.2, 0.25) is 5.15 Å². The number of rotatable bonds is 6. The highest BCUT2D eigenvalue weighted by Gasteiger charge is 2.21. The number of aromatic nitrogens is 4. The zero-order valence-corrected chi connectivity index (χ0v) is 14.2. The number of aryl methyl sites for hydroxylation is 4. The Bertz CT molecular complexity index is 614. The highest BCUT2D eigenvalue weighted by molar-refractivity contribution is 6.30. The maximum absolute atomic E-state index is 6.38. The van der Waals surface area contributed by atoms with Crippen LogP contribution in [0.4, 0.5) is 0 Å². The maximum Gasteiger partial charge on any atom is 0.130 e. The molecule has 1 atom stereocenters. The summed E-state index contributed by atoms with van der Waals surface area (Å²) >= 11 is 6.38. The zero-order chi connectivity index (χ0) is 15.6. The van der Waals surface area contributed by atoms with Crippen LogP contribution in [0.25, 0.3) is 0 Å². The van der Waals surface area contributed by atoms with Gasteiger partial charge in [-0.3, -0.25) is 9.36 Å². The molecule has 0 aromatic carbocycles. The first kappa shape index (κ1) is 16.0. The van der Waals surface area contributed by atoms with E-state index in [1.807, 2.05) is 32.6 Å². The van der Waals surface area contributed by atoms with E-state index in [0.29, 0.717) is 0 Å². The monoisotopic (exact) mass is 309 g/mol. The summed E-state index contributed by atoms with van der Waals surface area (Å²) in [5, 5.41) is 13.2. The van der Waals surface area contributed by atoms with E-state index in [9.17, 15) is 0 Å². The topological polar surface area (TPSA) is 47.7 Å². The molecule has 21 heavy (non-hydrogen) atoms. The molecule has 0 aliphatic carbocycles. The molecule has 2 aromatic rings. The van der Waals surface area contributed by atoms with Gasteiger partial charge in [0.15, 0.2) is 0 Å². The minimum atomic E-state index is 0.207. The number of halogens is 1. The maximum atomic E-state index is 6.38. The van der Waals surface area contributed by atoms with Crippen LogP contribution in [0, 0.1) is 13.8 Å². The fraction of sp³-hybridized carbons (Fsp3) is 0.600. The fourth-order valence-corrected chi connectivity index (χ4v) is 2.93. The molecule has 0 bridgehead atoms. The molecule has 116 valence electrons. The van der Waals surface area contributed by atoms with Crippen molar-refractivity contribution in [3.05, 3.63) is 33.9 Å². The molecule has 0 spiro atoms. The average molecular weight is 310 g/mol. The zero-order valence-electron chi connectivity index (χ0n) is 13.4. The fourth-order valence-electron chi connectivity index (χ4n) is 2.68. The standard InChI is InChI=1S/C15H24ClN5/c1-6-7-17-14(13-9-20(4)18-11(13)3)8-12-10(2)19-21(5)15(12)16/h9,14,17H,6-8H2,1-5H3. The molecule has 0 amide bonds. The van der Waals surface area contributed by atoms with E-state index in [1.165, 1.54) is 5.56 Å². The van der Waals surface area contributed by atoms with E-state index in [1.54, 1.807) is 4.68 Å². The number of nitrogens with one attached hydrogen (secondary N) is 1. The molecule has 2 heterocycles. The Balaban J connectivity index is 2.30. The largest absolute Gasteiger partial charge is 0.310 e. The van der Waals surface area contributed by atoms with Gasteiger partial charge in [-0.05, 0) is 33.2 Å². The minimum Gasteiger partial charge on any atom is -0.310 e. The van der Waals surface area contributed by atoms with Crippen molar-refractivity contribution in [1.29, 1.82) is 0 Å². The summed E-state index contributed by atoms with van der Waals surface area (Å²) in [5.41, 5.74) is 4.39. The Labute approximate surface area is 131 Å². The predicted octanol–water partition coefficient (Wildman–Crippen LogP) is 2.71. The lowest BCUT2D eigenvalue weighted by Crippen LogP contribution is -2.24. The van der Waals surface area contributed by atoms with Crippen molar-refractivity contribution < 1.29 is 0 Å². The van der Waals surface area contributed by atoms with Crippen molar-refractivity contribution in [3.63, 3.8) is 0 Å². The van der Waals surface area contributed by atoms with Gasteiger partial charge in [-0.2, -0.15) is 10.2 Å². The molecule has 0 saturated heterocycles. The van der Waals surface area contributed by atoms with Crippen LogP contribution >= 0.6 is 11.6 Å². The van der Waals surface area contributed by atoms with Gasteiger partial charge in [-0.25, -0.2) is 0 Å². The van der Waals surface area contributed by atoms with Gasteiger partial charge in [-0.15, -0.1) is 0 Å². The first-order valence-corrected chi connectivity index (χ1v) is 7.73. The normalized spacial score (nSPS) is 12.9. The van der Waals surface area contributed by atoms with Crippen molar-refractivity contribution in [3.8, 4) is 0 Å². The van der Waals surface area contributed by atoms with E-state index < -0.39 is 0 Å². The predicted molar refractivity (Wildman–Crippen MR) is 85.6 cm³/mol. The SMILES string of the molecule is CCCNC(Cc1c(C)nn(C)c1Cl)c1cn(C)nc1C. The quantitative estimate of drug-likeness (QED) is 0.892. The number of hydrogen-bond donors (Lipinski definition) is 1. The molecule has 2 rings (SSSR count). The van der Waals surface area contributed by atoms with Crippen LogP contribution < -0.4 is 5.32 Å². The van der Waals surface area contributed by atoms with E-state index in [2.05, 4.69) is 28.6 Å². The second-order valence-electron chi connectivity index (χ2n) is 5.53. The lowest BCUT2D eigenvalue weighted by atomic mass is 10.00. The summed E-state index contributed by atoms with van der Waals surface area (Å²) in [6.45, 7) is 7.19. The molecule has 0 fully saturated rings. The van der Waals surface area contributed by atoms with Gasteiger partial charge in [0, 0.05) is 37.5 Å². The summed E-state index contributed by atoms with van der Waals surface area (Å²) in [6, 6.07) is 0.207. The van der Waals surface area contributed by atoms with Crippen molar-refractivity contribution in [2.24, 2.45) is 14.1 Å². The first-order valence-electron chi connectivity index (χ1n) is 7.35. The Hall–Kier alpha value is -1.33. The Morgan fingerprint density at radius 2 is 1.95 bits per heavy atom. The van der Waals surface area contributed by atoms with Crippen LogP contribution in [0.3, 0.4) is 0 Å². The Morgan fingerprint density at radius 1 is 1.24 bits per heavy atom. The van der Waals surface area contributed by atoms with Gasteiger partial charge >= 0.3 is 0 Å². The van der Waals surface area contributed by atoms with Gasteiger partial charge in [0.2, 0.25) is 0 Å². The van der Waals surface area contributed by atoms with Crippen molar-refractivity contribution in [2.75, 3.05) is 6.54 Å². The second-order valence-corrected chi connectivity index (χ2v) is 5.89.